The molecule has 4 rings (SSSR count). The van der Waals surface area contributed by atoms with Crippen molar-refractivity contribution in [2.75, 3.05) is 0 Å². The Hall–Kier alpha value is -0.806. The van der Waals surface area contributed by atoms with Crippen molar-refractivity contribution in [3.63, 3.8) is 0 Å². The Balaban J connectivity index is 0.000000401. The molecule has 0 bridgehead atoms. The number of phenols is 2. The van der Waals surface area contributed by atoms with Crippen LogP contribution in [-0.2, 0) is 21.7 Å². The van der Waals surface area contributed by atoms with Crippen LogP contribution in [0, 0.1) is 0 Å². The molecule has 0 aliphatic carbocycles. The fraction of sp³-hybridized carbons (Fsp3) is 0. The van der Waals surface area contributed by atoms with E-state index in [1.807, 2.05) is 60.7 Å². The summed E-state index contributed by atoms with van der Waals surface area (Å²) in [5.74, 6) is -0.263. The van der Waals surface area contributed by atoms with Gasteiger partial charge in [-0.3, -0.25) is 0 Å². The molecule has 0 amide bonds. The largest absolute Gasteiger partial charge is 0.748 e. The SMILES string of the molecule is Oc1c(Cl)cc(Cl)cc1Cl.Oc1c(Cl)cc(Cl)cc1Cl.[Ti].[cH-]1[cH-][cH-][cH-][cH-]1.c1cc[cH-]c1. The molecule has 4 aromatic rings. The molecule has 168 valence electrons. The normalized spacial score (nSPS) is 8.97. The second-order valence-corrected chi connectivity index (χ2v) is 7.86. The van der Waals surface area contributed by atoms with Gasteiger partial charge in [-0.2, -0.15) is 18.2 Å². The third-order valence-corrected chi connectivity index (χ3v) is 4.66. The van der Waals surface area contributed by atoms with Crippen molar-refractivity contribution in [2.24, 2.45) is 0 Å². The Morgan fingerprint density at radius 2 is 0.774 bits per heavy atom. The maximum absolute atomic E-state index is 9.01. The summed E-state index contributed by atoms with van der Waals surface area (Å²) in [5, 5.41) is 19.5. The average Bonchev–Trinajstić information content (AvgIpc) is 3.43. The number of halogens is 6. The predicted molar refractivity (Wildman–Crippen MR) is 130 cm³/mol. The maximum atomic E-state index is 9.01. The van der Waals surface area contributed by atoms with Crippen molar-refractivity contribution in [2.45, 2.75) is 0 Å². The summed E-state index contributed by atoms with van der Waals surface area (Å²) in [6.45, 7) is 0. The van der Waals surface area contributed by atoms with Gasteiger partial charge in [0.1, 0.15) is 0 Å². The molecule has 0 fully saturated rings. The van der Waals surface area contributed by atoms with E-state index >= 15 is 0 Å². The summed E-state index contributed by atoms with van der Waals surface area (Å²) in [6, 6.07) is 25.7. The average molecular weight is 573 g/mol. The Bertz CT molecular complexity index is 827. The van der Waals surface area contributed by atoms with Crippen LogP contribution >= 0.6 is 69.6 Å². The van der Waals surface area contributed by atoms with Gasteiger partial charge in [-0.05, 0) is 24.3 Å². The molecule has 2 N–H and O–H groups in total. The maximum Gasteiger partial charge on any atom is 0.152 e. The van der Waals surface area contributed by atoms with Crippen molar-refractivity contribution < 1.29 is 31.9 Å². The molecule has 4 aromatic carbocycles. The number of hydrogen-bond acceptors (Lipinski definition) is 2. The van der Waals surface area contributed by atoms with Crippen LogP contribution in [0.5, 0.6) is 11.5 Å². The van der Waals surface area contributed by atoms with Crippen molar-refractivity contribution in [3.8, 4) is 11.5 Å². The van der Waals surface area contributed by atoms with Crippen LogP contribution in [0.1, 0.15) is 0 Å². The molecular weight excluding hydrogens is 557 g/mol. The molecule has 0 aliphatic rings. The first-order valence-corrected chi connectivity index (χ1v) is 10.5. The van der Waals surface area contributed by atoms with Crippen LogP contribution in [-0.4, -0.2) is 10.2 Å². The van der Waals surface area contributed by atoms with Gasteiger partial charge in [-0.25, -0.2) is 12.1 Å². The number of aromatic hydroxyl groups is 2. The zero-order chi connectivity index (χ0) is 22.5. The van der Waals surface area contributed by atoms with Crippen molar-refractivity contribution in [1.82, 2.24) is 0 Å². The number of rotatable bonds is 0. The number of benzene rings is 2. The molecule has 0 spiro atoms. The van der Waals surface area contributed by atoms with Crippen LogP contribution in [0.4, 0.5) is 0 Å². The van der Waals surface area contributed by atoms with Crippen LogP contribution < -0.4 is 0 Å². The molecule has 2 nitrogen and oxygen atoms in total. The molecule has 0 unspecified atom stereocenters. The van der Waals surface area contributed by atoms with Gasteiger partial charge in [0.25, 0.3) is 0 Å². The van der Waals surface area contributed by atoms with E-state index in [2.05, 4.69) is 0 Å². The van der Waals surface area contributed by atoms with Gasteiger partial charge >= 0.3 is 0 Å². The quantitative estimate of drug-likeness (QED) is 0.163. The van der Waals surface area contributed by atoms with Crippen LogP contribution in [0.3, 0.4) is 0 Å². The van der Waals surface area contributed by atoms with Gasteiger partial charge in [0, 0.05) is 31.8 Å². The molecule has 31 heavy (non-hydrogen) atoms. The summed E-state index contributed by atoms with van der Waals surface area (Å²) >= 11 is 33.1. The van der Waals surface area contributed by atoms with Crippen molar-refractivity contribution in [3.05, 3.63) is 115 Å². The van der Waals surface area contributed by atoms with Gasteiger partial charge in [-0.1, -0.05) is 69.6 Å². The zero-order valence-electron chi connectivity index (χ0n) is 15.7. The molecule has 0 atom stereocenters. The molecule has 0 aliphatic heterocycles. The minimum absolute atomic E-state index is 0. The zero-order valence-corrected chi connectivity index (χ0v) is 21.8. The monoisotopic (exact) mass is 570 g/mol. The summed E-state index contributed by atoms with van der Waals surface area (Å²) in [6.07, 6.45) is 0. The van der Waals surface area contributed by atoms with Crippen LogP contribution in [0.15, 0.2) is 84.9 Å². The van der Waals surface area contributed by atoms with Crippen LogP contribution in [0.25, 0.3) is 0 Å². The van der Waals surface area contributed by atoms with Gasteiger partial charge < -0.3 is 40.5 Å². The first kappa shape index (κ1) is 30.2. The molecular formula is C22H16Cl6O2Ti-6. The van der Waals surface area contributed by atoms with Crippen molar-refractivity contribution >= 4 is 69.6 Å². The van der Waals surface area contributed by atoms with Gasteiger partial charge in [0.15, 0.2) is 11.5 Å². The van der Waals surface area contributed by atoms with Gasteiger partial charge in [-0.15, -0.1) is 0 Å². The molecule has 0 saturated carbocycles. The fourth-order valence-electron chi connectivity index (χ4n) is 1.71. The third-order valence-electron chi connectivity index (χ3n) is 3.07. The molecule has 0 aromatic heterocycles. The molecule has 9 heteroatoms. The third kappa shape index (κ3) is 12.7. The number of phenolic OH excluding ortho intramolecular Hbond substituents is 2. The summed E-state index contributed by atoms with van der Waals surface area (Å²) in [5.41, 5.74) is 0. The summed E-state index contributed by atoms with van der Waals surface area (Å²) in [4.78, 5) is 0. The van der Waals surface area contributed by atoms with E-state index < -0.39 is 0 Å². The second kappa shape index (κ2) is 16.8. The van der Waals surface area contributed by atoms with E-state index in [1.165, 1.54) is 24.3 Å². The first-order valence-electron chi connectivity index (χ1n) is 8.22. The van der Waals surface area contributed by atoms with E-state index in [4.69, 9.17) is 79.8 Å². The minimum atomic E-state index is -0.132. The van der Waals surface area contributed by atoms with Gasteiger partial charge in [0.2, 0.25) is 0 Å². The molecule has 0 radical (unpaired) electrons. The first-order chi connectivity index (χ1) is 14.2. The summed E-state index contributed by atoms with van der Waals surface area (Å²) in [7, 11) is 0. The predicted octanol–water partition coefficient (Wildman–Crippen LogP) is 9.51. The standard InChI is InChI=1S/2C6H3Cl3O.2C5H5.Ti/c2*7-3-1-4(8)6(10)5(9)2-3;2*1-2-4-5-3-1;/h2*1-2,10H;2*1-5H;/q;;-5;-1;. The topological polar surface area (TPSA) is 40.5 Å². The summed E-state index contributed by atoms with van der Waals surface area (Å²) < 4.78 is 0. The van der Waals surface area contributed by atoms with E-state index in [0.29, 0.717) is 10.0 Å². The van der Waals surface area contributed by atoms with Crippen molar-refractivity contribution in [1.29, 1.82) is 0 Å². The second-order valence-electron chi connectivity index (χ2n) is 5.36. The molecule has 0 saturated heterocycles. The van der Waals surface area contributed by atoms with E-state index in [-0.39, 0.29) is 53.3 Å². The Kier molecular flexibility index (Phi) is 16.3. The Morgan fingerprint density at radius 3 is 0.968 bits per heavy atom. The Labute approximate surface area is 226 Å². The smallest absolute Gasteiger partial charge is 0.152 e. The van der Waals surface area contributed by atoms with Crippen LogP contribution in [0.2, 0.25) is 30.1 Å². The van der Waals surface area contributed by atoms with E-state index in [0.717, 1.165) is 0 Å². The van der Waals surface area contributed by atoms with Gasteiger partial charge in [0.05, 0.1) is 20.1 Å². The number of hydrogen-bond donors (Lipinski definition) is 2. The molecule has 0 heterocycles. The fourth-order valence-corrected chi connectivity index (χ4v) is 3.34. The van der Waals surface area contributed by atoms with E-state index in [1.54, 1.807) is 0 Å². The van der Waals surface area contributed by atoms with E-state index in [9.17, 15) is 0 Å². The Morgan fingerprint density at radius 1 is 0.516 bits per heavy atom. The minimum Gasteiger partial charge on any atom is -0.748 e.